The van der Waals surface area contributed by atoms with Crippen LogP contribution in [0, 0.1) is 0 Å². The van der Waals surface area contributed by atoms with Crippen molar-refractivity contribution < 1.29 is 9.47 Å². The highest BCUT2D eigenvalue weighted by atomic mass is 35.5. The molecule has 0 spiro atoms. The molecule has 0 aliphatic carbocycles. The Morgan fingerprint density at radius 3 is 2.81 bits per heavy atom. The Morgan fingerprint density at radius 1 is 1.15 bits per heavy atom. The van der Waals surface area contributed by atoms with E-state index in [0.717, 1.165) is 27.4 Å². The maximum atomic E-state index is 6.40. The normalized spacial score (nSPS) is 13.7. The highest BCUT2D eigenvalue weighted by molar-refractivity contribution is 7.07. The van der Waals surface area contributed by atoms with Crippen LogP contribution in [-0.2, 0) is 0 Å². The van der Waals surface area contributed by atoms with Gasteiger partial charge in [-0.15, -0.1) is 11.3 Å². The standard InChI is InChI=1S/C19H15Cl2N3O2S/c1-2-22-19-24(16(10-27-19)14-5-4-13(20)8-15(14)21)23-9-12-3-6-17-18(7-12)26-11-25-17/h3-10H,2,11H2,1H3/b22-19?,23-9-. The van der Waals surface area contributed by atoms with E-state index in [-0.39, 0.29) is 6.79 Å². The predicted octanol–water partition coefficient (Wildman–Crippen LogP) is 5.05. The number of aromatic nitrogens is 1. The first-order valence-electron chi connectivity index (χ1n) is 8.26. The van der Waals surface area contributed by atoms with Gasteiger partial charge in [-0.05, 0) is 48.9 Å². The molecule has 0 bridgehead atoms. The average Bonchev–Trinajstić information content (AvgIpc) is 3.27. The second-order valence-corrected chi connectivity index (χ2v) is 7.35. The molecule has 27 heavy (non-hydrogen) atoms. The summed E-state index contributed by atoms with van der Waals surface area (Å²) < 4.78 is 12.6. The van der Waals surface area contributed by atoms with Gasteiger partial charge in [-0.25, -0.2) is 4.68 Å². The van der Waals surface area contributed by atoms with Gasteiger partial charge >= 0.3 is 0 Å². The van der Waals surface area contributed by atoms with Crippen molar-refractivity contribution >= 4 is 40.8 Å². The van der Waals surface area contributed by atoms with Gasteiger partial charge in [0.1, 0.15) is 0 Å². The molecule has 8 heteroatoms. The predicted molar refractivity (Wildman–Crippen MR) is 109 cm³/mol. The fourth-order valence-electron chi connectivity index (χ4n) is 2.66. The van der Waals surface area contributed by atoms with E-state index >= 15 is 0 Å². The number of hydrogen-bond donors (Lipinski definition) is 0. The third kappa shape index (κ3) is 3.74. The highest BCUT2D eigenvalue weighted by Crippen LogP contribution is 2.32. The van der Waals surface area contributed by atoms with Crippen LogP contribution in [0.15, 0.2) is 51.9 Å². The second-order valence-electron chi connectivity index (χ2n) is 5.67. The van der Waals surface area contributed by atoms with Gasteiger partial charge in [0.15, 0.2) is 11.5 Å². The van der Waals surface area contributed by atoms with Gasteiger partial charge in [-0.2, -0.15) is 5.10 Å². The molecule has 0 atom stereocenters. The van der Waals surface area contributed by atoms with Crippen molar-refractivity contribution in [3.63, 3.8) is 0 Å². The van der Waals surface area contributed by atoms with Gasteiger partial charge in [0.2, 0.25) is 11.6 Å². The summed E-state index contributed by atoms with van der Waals surface area (Å²) in [7, 11) is 0. The summed E-state index contributed by atoms with van der Waals surface area (Å²) in [5.41, 5.74) is 2.59. The van der Waals surface area contributed by atoms with Crippen molar-refractivity contribution in [2.24, 2.45) is 10.1 Å². The molecule has 0 fully saturated rings. The molecule has 138 valence electrons. The molecule has 3 aromatic rings. The van der Waals surface area contributed by atoms with Crippen molar-refractivity contribution in [2.45, 2.75) is 6.92 Å². The Hall–Kier alpha value is -2.28. The minimum atomic E-state index is 0.244. The zero-order valence-corrected chi connectivity index (χ0v) is 16.7. The van der Waals surface area contributed by atoms with Gasteiger partial charge in [-0.3, -0.25) is 4.99 Å². The van der Waals surface area contributed by atoms with Crippen molar-refractivity contribution in [1.29, 1.82) is 0 Å². The van der Waals surface area contributed by atoms with Gasteiger partial charge in [0.05, 0.1) is 16.9 Å². The minimum Gasteiger partial charge on any atom is -0.454 e. The number of nitrogens with zero attached hydrogens (tertiary/aromatic N) is 3. The molecule has 2 aromatic carbocycles. The molecule has 0 amide bonds. The number of thiazole rings is 1. The SMILES string of the molecule is CCN=c1scc(-c2ccc(Cl)cc2Cl)n1/N=C\c1ccc2c(c1)OCO2. The van der Waals surface area contributed by atoms with Gasteiger partial charge in [0, 0.05) is 22.5 Å². The van der Waals surface area contributed by atoms with Crippen LogP contribution in [0.5, 0.6) is 11.5 Å². The fraction of sp³-hybridized carbons (Fsp3) is 0.158. The van der Waals surface area contributed by atoms with Crippen LogP contribution in [0.2, 0.25) is 10.0 Å². The molecule has 0 N–H and O–H groups in total. The topological polar surface area (TPSA) is 48.1 Å². The van der Waals surface area contributed by atoms with Crippen molar-refractivity contribution in [3.05, 3.63) is 62.2 Å². The largest absolute Gasteiger partial charge is 0.454 e. The van der Waals surface area contributed by atoms with Gasteiger partial charge in [-0.1, -0.05) is 23.2 Å². The summed E-state index contributed by atoms with van der Waals surface area (Å²) in [6.07, 6.45) is 1.76. The molecule has 4 rings (SSSR count). The van der Waals surface area contributed by atoms with E-state index in [2.05, 4.69) is 10.1 Å². The first kappa shape index (κ1) is 18.1. The Bertz CT molecular complexity index is 1090. The lowest BCUT2D eigenvalue weighted by Gasteiger charge is -2.06. The van der Waals surface area contributed by atoms with Crippen LogP contribution >= 0.6 is 34.5 Å². The van der Waals surface area contributed by atoms with E-state index in [1.165, 1.54) is 11.3 Å². The first-order chi connectivity index (χ1) is 13.2. The van der Waals surface area contributed by atoms with Gasteiger partial charge in [0.25, 0.3) is 0 Å². The van der Waals surface area contributed by atoms with E-state index in [1.807, 2.05) is 42.6 Å². The van der Waals surface area contributed by atoms with Crippen molar-refractivity contribution in [3.8, 4) is 22.8 Å². The highest BCUT2D eigenvalue weighted by Gasteiger charge is 2.14. The number of hydrogen-bond acceptors (Lipinski definition) is 5. The lowest BCUT2D eigenvalue weighted by molar-refractivity contribution is 0.174. The molecule has 2 heterocycles. The molecule has 5 nitrogen and oxygen atoms in total. The third-order valence-electron chi connectivity index (χ3n) is 3.90. The molecule has 0 unspecified atom stereocenters. The van der Waals surface area contributed by atoms with E-state index in [1.54, 1.807) is 17.0 Å². The number of rotatable bonds is 4. The zero-order chi connectivity index (χ0) is 18.8. The Labute approximate surface area is 170 Å². The summed E-state index contributed by atoms with van der Waals surface area (Å²) in [5, 5.41) is 7.78. The quantitative estimate of drug-likeness (QED) is 0.555. The fourth-order valence-corrected chi connectivity index (χ4v) is 4.05. The molecule has 0 radical (unpaired) electrons. The summed E-state index contributed by atoms with van der Waals surface area (Å²) in [5.74, 6) is 1.46. The lowest BCUT2D eigenvalue weighted by Crippen LogP contribution is -2.12. The van der Waals surface area contributed by atoms with Crippen LogP contribution in [0.4, 0.5) is 0 Å². The smallest absolute Gasteiger partial charge is 0.231 e. The molecule has 1 aromatic heterocycles. The van der Waals surface area contributed by atoms with Crippen LogP contribution in [0.1, 0.15) is 12.5 Å². The van der Waals surface area contributed by atoms with Crippen LogP contribution < -0.4 is 14.3 Å². The maximum absolute atomic E-state index is 6.40. The summed E-state index contributed by atoms with van der Waals surface area (Å²) >= 11 is 13.9. The number of ether oxygens (including phenoxy) is 2. The third-order valence-corrected chi connectivity index (χ3v) is 5.31. The molecule has 0 saturated heterocycles. The molecule has 0 saturated carbocycles. The van der Waals surface area contributed by atoms with Crippen LogP contribution in [0.3, 0.4) is 0 Å². The number of halogens is 2. The van der Waals surface area contributed by atoms with Crippen LogP contribution in [-0.4, -0.2) is 24.2 Å². The molecule has 1 aliphatic rings. The average molecular weight is 420 g/mol. The van der Waals surface area contributed by atoms with Gasteiger partial charge < -0.3 is 9.47 Å². The lowest BCUT2D eigenvalue weighted by atomic mass is 10.2. The Morgan fingerprint density at radius 2 is 2.00 bits per heavy atom. The molecule has 1 aliphatic heterocycles. The Kier molecular flexibility index (Phi) is 5.20. The van der Waals surface area contributed by atoms with E-state index in [4.69, 9.17) is 32.7 Å². The Balaban J connectivity index is 1.77. The zero-order valence-electron chi connectivity index (χ0n) is 14.4. The summed E-state index contributed by atoms with van der Waals surface area (Å²) in [6.45, 7) is 2.89. The molecular formula is C19H15Cl2N3O2S. The molecular weight excluding hydrogens is 405 g/mol. The van der Waals surface area contributed by atoms with Crippen molar-refractivity contribution in [1.82, 2.24) is 4.68 Å². The van der Waals surface area contributed by atoms with Crippen molar-refractivity contribution in [2.75, 3.05) is 13.3 Å². The minimum absolute atomic E-state index is 0.244. The summed E-state index contributed by atoms with van der Waals surface area (Å²) in [4.78, 5) is 5.31. The second kappa shape index (κ2) is 7.76. The number of fused-ring (bicyclic) bond motifs is 1. The number of benzene rings is 2. The van der Waals surface area contributed by atoms with Crippen LogP contribution in [0.25, 0.3) is 11.3 Å². The monoisotopic (exact) mass is 419 g/mol. The van der Waals surface area contributed by atoms with E-state index in [9.17, 15) is 0 Å². The van der Waals surface area contributed by atoms with E-state index in [0.29, 0.717) is 22.3 Å². The summed E-state index contributed by atoms with van der Waals surface area (Å²) in [6, 6.07) is 11.1. The van der Waals surface area contributed by atoms with E-state index < -0.39 is 0 Å². The first-order valence-corrected chi connectivity index (χ1v) is 9.89. The maximum Gasteiger partial charge on any atom is 0.231 e.